The minimum absolute atomic E-state index is 0.00628. The average molecular weight is 349 g/mol. The molecule has 0 spiro atoms. The molecule has 0 aliphatic heterocycles. The number of benzene rings is 2. The maximum atomic E-state index is 12.1. The summed E-state index contributed by atoms with van der Waals surface area (Å²) in [6.45, 7) is 3.37. The Hall–Kier alpha value is -2.29. The summed E-state index contributed by atoms with van der Waals surface area (Å²) in [7, 11) is -3.67. The summed E-state index contributed by atoms with van der Waals surface area (Å²) in [5, 5.41) is 13.7. The summed E-state index contributed by atoms with van der Waals surface area (Å²) in [5.74, 6) is 0. The van der Waals surface area contributed by atoms with Gasteiger partial charge < -0.3 is 5.32 Å². The summed E-state index contributed by atoms with van der Waals surface area (Å²) in [4.78, 5) is 10.0. The van der Waals surface area contributed by atoms with Crippen LogP contribution in [-0.2, 0) is 16.6 Å². The van der Waals surface area contributed by atoms with Crippen molar-refractivity contribution in [1.29, 1.82) is 0 Å². The van der Waals surface area contributed by atoms with Crippen molar-refractivity contribution in [2.45, 2.75) is 18.4 Å². The van der Waals surface area contributed by atoms with Crippen molar-refractivity contribution in [3.63, 3.8) is 0 Å². The van der Waals surface area contributed by atoms with Gasteiger partial charge in [0.25, 0.3) is 5.69 Å². The van der Waals surface area contributed by atoms with E-state index in [4.69, 9.17) is 0 Å². The summed E-state index contributed by atoms with van der Waals surface area (Å²) < 4.78 is 26.6. The number of rotatable bonds is 8. The molecule has 24 heavy (non-hydrogen) atoms. The summed E-state index contributed by atoms with van der Waals surface area (Å²) in [6, 6.07) is 12.8. The van der Waals surface area contributed by atoms with Crippen LogP contribution < -0.4 is 10.0 Å². The molecule has 2 aromatic rings. The molecule has 2 aromatic carbocycles. The topological polar surface area (TPSA) is 101 Å². The number of nitrogens with one attached hydrogen (secondary N) is 2. The lowest BCUT2D eigenvalue weighted by Crippen LogP contribution is -2.31. The van der Waals surface area contributed by atoms with E-state index in [0.717, 1.165) is 5.56 Å². The molecule has 0 saturated heterocycles. The number of non-ortho nitro benzene ring substituents is 1. The molecule has 0 saturated carbocycles. The van der Waals surface area contributed by atoms with Crippen molar-refractivity contribution in [3.05, 3.63) is 69.8 Å². The lowest BCUT2D eigenvalue weighted by atomic mass is 10.1. The Labute approximate surface area is 140 Å². The number of hydrogen-bond donors (Lipinski definition) is 2. The molecule has 2 rings (SSSR count). The predicted molar refractivity (Wildman–Crippen MR) is 91.2 cm³/mol. The van der Waals surface area contributed by atoms with Gasteiger partial charge in [-0.3, -0.25) is 10.1 Å². The van der Waals surface area contributed by atoms with Crippen molar-refractivity contribution < 1.29 is 13.3 Å². The molecule has 0 aromatic heterocycles. The highest BCUT2D eigenvalue weighted by molar-refractivity contribution is 7.89. The van der Waals surface area contributed by atoms with Gasteiger partial charge in [-0.1, -0.05) is 29.8 Å². The largest absolute Gasteiger partial charge is 0.311 e. The number of aryl methyl sites for hydroxylation is 1. The van der Waals surface area contributed by atoms with E-state index in [0.29, 0.717) is 13.1 Å². The van der Waals surface area contributed by atoms with Crippen LogP contribution >= 0.6 is 0 Å². The molecule has 0 amide bonds. The second kappa shape index (κ2) is 8.00. The van der Waals surface area contributed by atoms with Gasteiger partial charge in [0.2, 0.25) is 10.0 Å². The zero-order chi connectivity index (χ0) is 17.6. The van der Waals surface area contributed by atoms with Gasteiger partial charge in [0.05, 0.1) is 9.82 Å². The van der Waals surface area contributed by atoms with Crippen LogP contribution in [0.3, 0.4) is 0 Å². The van der Waals surface area contributed by atoms with Gasteiger partial charge in [-0.25, -0.2) is 13.1 Å². The number of nitrogens with zero attached hydrogens (tertiary/aromatic N) is 1. The first kappa shape index (κ1) is 18.1. The molecule has 0 aliphatic carbocycles. The van der Waals surface area contributed by atoms with E-state index in [1.807, 2.05) is 25.1 Å². The van der Waals surface area contributed by atoms with Gasteiger partial charge in [0, 0.05) is 31.8 Å². The van der Waals surface area contributed by atoms with Crippen LogP contribution in [0.5, 0.6) is 0 Å². The molecule has 0 unspecified atom stereocenters. The highest BCUT2D eigenvalue weighted by atomic mass is 32.2. The standard InChI is InChI=1S/C16H19N3O4S/c1-13-3-2-4-14(11-13)12-17-9-10-18-24(22,23)16-7-5-15(6-8-16)19(20)21/h2-8,11,17-18H,9-10,12H2,1H3. The first-order chi connectivity index (χ1) is 11.4. The predicted octanol–water partition coefficient (Wildman–Crippen LogP) is 1.97. The van der Waals surface area contributed by atoms with Gasteiger partial charge in [0.1, 0.15) is 0 Å². The second-order valence-electron chi connectivity index (χ2n) is 5.31. The fraction of sp³-hybridized carbons (Fsp3) is 0.250. The minimum Gasteiger partial charge on any atom is -0.311 e. The van der Waals surface area contributed by atoms with Crippen LogP contribution in [0.2, 0.25) is 0 Å². The Morgan fingerprint density at radius 3 is 2.42 bits per heavy atom. The van der Waals surface area contributed by atoms with Crippen molar-refractivity contribution in [1.82, 2.24) is 10.0 Å². The van der Waals surface area contributed by atoms with Gasteiger partial charge in [-0.15, -0.1) is 0 Å². The van der Waals surface area contributed by atoms with Crippen LogP contribution in [0.15, 0.2) is 53.4 Å². The summed E-state index contributed by atoms with van der Waals surface area (Å²) >= 11 is 0. The van der Waals surface area contributed by atoms with Crippen LogP contribution in [0.4, 0.5) is 5.69 Å². The van der Waals surface area contributed by atoms with Gasteiger partial charge in [0.15, 0.2) is 0 Å². The summed E-state index contributed by atoms with van der Waals surface area (Å²) in [6.07, 6.45) is 0. The quantitative estimate of drug-likeness (QED) is 0.431. The molecule has 0 radical (unpaired) electrons. The molecule has 0 fully saturated rings. The Morgan fingerprint density at radius 2 is 1.79 bits per heavy atom. The Morgan fingerprint density at radius 1 is 1.08 bits per heavy atom. The van der Waals surface area contributed by atoms with Crippen molar-refractivity contribution >= 4 is 15.7 Å². The highest BCUT2D eigenvalue weighted by Crippen LogP contribution is 2.15. The maximum absolute atomic E-state index is 12.1. The molecular weight excluding hydrogens is 330 g/mol. The fourth-order valence-corrected chi connectivity index (χ4v) is 3.19. The van der Waals surface area contributed by atoms with E-state index < -0.39 is 14.9 Å². The van der Waals surface area contributed by atoms with Crippen molar-refractivity contribution in [2.24, 2.45) is 0 Å². The Balaban J connectivity index is 1.81. The molecule has 0 bridgehead atoms. The van der Waals surface area contributed by atoms with E-state index in [9.17, 15) is 18.5 Å². The van der Waals surface area contributed by atoms with Crippen LogP contribution in [0, 0.1) is 17.0 Å². The molecule has 0 heterocycles. The third-order valence-corrected chi connectivity index (χ3v) is 4.84. The third kappa shape index (κ3) is 5.12. The molecule has 0 aliphatic rings. The van der Waals surface area contributed by atoms with E-state index in [1.54, 1.807) is 0 Å². The number of sulfonamides is 1. The van der Waals surface area contributed by atoms with E-state index in [-0.39, 0.29) is 17.1 Å². The van der Waals surface area contributed by atoms with E-state index in [1.165, 1.54) is 29.8 Å². The van der Waals surface area contributed by atoms with Gasteiger partial charge >= 0.3 is 0 Å². The van der Waals surface area contributed by atoms with Crippen LogP contribution in [-0.4, -0.2) is 26.4 Å². The monoisotopic (exact) mass is 349 g/mol. The number of nitro benzene ring substituents is 1. The molecule has 7 nitrogen and oxygen atoms in total. The zero-order valence-corrected chi connectivity index (χ0v) is 14.0. The lowest BCUT2D eigenvalue weighted by Gasteiger charge is -2.08. The lowest BCUT2D eigenvalue weighted by molar-refractivity contribution is -0.384. The number of nitro groups is 1. The van der Waals surface area contributed by atoms with E-state index >= 15 is 0 Å². The van der Waals surface area contributed by atoms with Crippen molar-refractivity contribution in [3.8, 4) is 0 Å². The fourth-order valence-electron chi connectivity index (χ4n) is 2.16. The van der Waals surface area contributed by atoms with Crippen LogP contribution in [0.25, 0.3) is 0 Å². The van der Waals surface area contributed by atoms with Crippen LogP contribution in [0.1, 0.15) is 11.1 Å². The Kier molecular flexibility index (Phi) is 6.02. The molecule has 8 heteroatoms. The molecule has 0 atom stereocenters. The first-order valence-electron chi connectivity index (χ1n) is 7.39. The van der Waals surface area contributed by atoms with Gasteiger partial charge in [-0.05, 0) is 24.6 Å². The maximum Gasteiger partial charge on any atom is 0.269 e. The molecule has 128 valence electrons. The third-order valence-electron chi connectivity index (χ3n) is 3.36. The SMILES string of the molecule is Cc1cccc(CNCCNS(=O)(=O)c2ccc([N+](=O)[O-])cc2)c1. The zero-order valence-electron chi connectivity index (χ0n) is 13.2. The second-order valence-corrected chi connectivity index (χ2v) is 7.08. The molecular formula is C16H19N3O4S. The average Bonchev–Trinajstić information content (AvgIpc) is 2.54. The number of hydrogen-bond acceptors (Lipinski definition) is 5. The Bertz CT molecular complexity index is 804. The summed E-state index contributed by atoms with van der Waals surface area (Å²) in [5.41, 5.74) is 2.16. The minimum atomic E-state index is -3.67. The smallest absolute Gasteiger partial charge is 0.269 e. The van der Waals surface area contributed by atoms with Gasteiger partial charge in [-0.2, -0.15) is 0 Å². The first-order valence-corrected chi connectivity index (χ1v) is 8.87. The van der Waals surface area contributed by atoms with E-state index in [2.05, 4.69) is 16.1 Å². The van der Waals surface area contributed by atoms with Crippen molar-refractivity contribution in [2.75, 3.05) is 13.1 Å². The molecule has 2 N–H and O–H groups in total. The normalized spacial score (nSPS) is 11.4. The highest BCUT2D eigenvalue weighted by Gasteiger charge is 2.14.